The van der Waals surface area contributed by atoms with Crippen LogP contribution in [0.2, 0.25) is 0 Å². The molecule has 0 bridgehead atoms. The molecule has 1 amide bonds. The van der Waals surface area contributed by atoms with Crippen molar-refractivity contribution in [2.24, 2.45) is 0 Å². The Bertz CT molecular complexity index is 243. The van der Waals surface area contributed by atoms with Gasteiger partial charge in [0.1, 0.15) is 5.79 Å². The zero-order chi connectivity index (χ0) is 12.6. The standard InChI is InChI=1S/C10H21ClN4O/c1-8(9(16)15-11)6-5-7-10(12-2,13-3)14-4/h6,12-14H,5,7H2,1-4H3,(H,15,16). The number of halogens is 1. The predicted octanol–water partition coefficient (Wildman–Crippen LogP) is 0.295. The normalized spacial score (nSPS) is 12.7. The molecule has 0 unspecified atom stereocenters. The molecule has 0 saturated carbocycles. The number of carbonyl (C=O) groups is 1. The van der Waals surface area contributed by atoms with Gasteiger partial charge in [-0.05, 0) is 40.9 Å². The Kier molecular flexibility index (Phi) is 7.33. The molecule has 16 heavy (non-hydrogen) atoms. The zero-order valence-corrected chi connectivity index (χ0v) is 11.0. The highest BCUT2D eigenvalue weighted by Crippen LogP contribution is 2.07. The van der Waals surface area contributed by atoms with Crippen molar-refractivity contribution >= 4 is 17.7 Å². The molecule has 0 aromatic heterocycles. The van der Waals surface area contributed by atoms with E-state index in [1.807, 2.05) is 27.2 Å². The van der Waals surface area contributed by atoms with E-state index in [-0.39, 0.29) is 11.7 Å². The van der Waals surface area contributed by atoms with E-state index < -0.39 is 0 Å². The van der Waals surface area contributed by atoms with E-state index in [2.05, 4.69) is 20.8 Å². The van der Waals surface area contributed by atoms with Crippen LogP contribution >= 0.6 is 11.8 Å². The third-order valence-corrected chi connectivity index (χ3v) is 2.87. The van der Waals surface area contributed by atoms with E-state index in [4.69, 9.17) is 11.8 Å². The Morgan fingerprint density at radius 3 is 2.12 bits per heavy atom. The van der Waals surface area contributed by atoms with Crippen molar-refractivity contribution < 1.29 is 4.79 Å². The number of nitrogens with one attached hydrogen (secondary N) is 4. The van der Waals surface area contributed by atoms with E-state index >= 15 is 0 Å². The number of carbonyl (C=O) groups excluding carboxylic acids is 1. The first-order chi connectivity index (χ1) is 7.55. The largest absolute Gasteiger partial charge is 0.290 e. The third kappa shape index (κ3) is 4.49. The molecule has 0 rings (SSSR count). The van der Waals surface area contributed by atoms with E-state index in [9.17, 15) is 4.79 Å². The quantitative estimate of drug-likeness (QED) is 0.297. The minimum atomic E-state index is -0.311. The summed E-state index contributed by atoms with van der Waals surface area (Å²) in [4.78, 5) is 13.2. The number of amides is 1. The first kappa shape index (κ1) is 15.4. The van der Waals surface area contributed by atoms with E-state index in [0.717, 1.165) is 12.8 Å². The summed E-state index contributed by atoms with van der Waals surface area (Å²) in [5, 5.41) is 9.46. The topological polar surface area (TPSA) is 65.2 Å². The fourth-order valence-electron chi connectivity index (χ4n) is 1.42. The molecule has 0 aliphatic rings. The second kappa shape index (κ2) is 7.62. The number of allylic oxidation sites excluding steroid dienone is 1. The minimum Gasteiger partial charge on any atom is -0.290 e. The first-order valence-corrected chi connectivity index (χ1v) is 5.57. The van der Waals surface area contributed by atoms with Crippen molar-refractivity contribution in [3.8, 4) is 0 Å². The summed E-state index contributed by atoms with van der Waals surface area (Å²) in [7, 11) is 5.61. The maximum atomic E-state index is 11.1. The van der Waals surface area contributed by atoms with Crippen LogP contribution in [0.25, 0.3) is 0 Å². The van der Waals surface area contributed by atoms with Gasteiger partial charge in [0.15, 0.2) is 0 Å². The average molecular weight is 249 g/mol. The van der Waals surface area contributed by atoms with Crippen molar-refractivity contribution in [3.05, 3.63) is 11.6 Å². The van der Waals surface area contributed by atoms with Crippen molar-refractivity contribution in [1.29, 1.82) is 0 Å². The summed E-state index contributed by atoms with van der Waals surface area (Å²) in [6.07, 6.45) is 3.43. The van der Waals surface area contributed by atoms with Crippen LogP contribution in [-0.4, -0.2) is 32.8 Å². The number of hydrogen-bond acceptors (Lipinski definition) is 4. The van der Waals surface area contributed by atoms with Crippen molar-refractivity contribution in [1.82, 2.24) is 20.8 Å². The highest BCUT2D eigenvalue weighted by Gasteiger charge is 2.21. The summed E-state index contributed by atoms with van der Waals surface area (Å²) in [5.41, 5.74) is 0.618. The predicted molar refractivity (Wildman–Crippen MR) is 66.9 cm³/mol. The fraction of sp³-hybridized carbons (Fsp3) is 0.700. The number of hydrogen-bond donors (Lipinski definition) is 4. The molecule has 0 aromatic rings. The summed E-state index contributed by atoms with van der Waals surface area (Å²) >= 11 is 5.22. The highest BCUT2D eigenvalue weighted by molar-refractivity contribution is 6.23. The Balaban J connectivity index is 4.28. The maximum absolute atomic E-state index is 11.1. The molecule has 0 spiro atoms. The Morgan fingerprint density at radius 1 is 1.25 bits per heavy atom. The van der Waals surface area contributed by atoms with E-state index in [1.165, 1.54) is 0 Å². The van der Waals surface area contributed by atoms with Gasteiger partial charge >= 0.3 is 0 Å². The molecular formula is C10H21ClN4O. The van der Waals surface area contributed by atoms with Gasteiger partial charge in [0.05, 0.1) is 0 Å². The Morgan fingerprint density at radius 2 is 1.75 bits per heavy atom. The molecule has 6 heteroatoms. The lowest BCUT2D eigenvalue weighted by atomic mass is 10.1. The van der Waals surface area contributed by atoms with E-state index in [1.54, 1.807) is 6.92 Å². The van der Waals surface area contributed by atoms with Gasteiger partial charge in [-0.2, -0.15) is 0 Å². The molecule has 4 N–H and O–H groups in total. The summed E-state index contributed by atoms with van der Waals surface area (Å²) in [5.74, 6) is -0.570. The second-order valence-corrected chi connectivity index (χ2v) is 3.69. The molecule has 0 heterocycles. The van der Waals surface area contributed by atoms with Gasteiger partial charge in [-0.25, -0.2) is 0 Å². The molecular weight excluding hydrogens is 228 g/mol. The Labute approximate surface area is 102 Å². The maximum Gasteiger partial charge on any atom is 0.260 e. The van der Waals surface area contributed by atoms with Gasteiger partial charge in [-0.1, -0.05) is 6.08 Å². The van der Waals surface area contributed by atoms with Crippen LogP contribution in [0.1, 0.15) is 19.8 Å². The molecule has 94 valence electrons. The van der Waals surface area contributed by atoms with Gasteiger partial charge in [0.25, 0.3) is 5.91 Å². The van der Waals surface area contributed by atoms with Crippen molar-refractivity contribution in [2.75, 3.05) is 21.1 Å². The van der Waals surface area contributed by atoms with Gasteiger partial charge < -0.3 is 0 Å². The minimum absolute atomic E-state index is 0.259. The summed E-state index contributed by atoms with van der Waals surface area (Å²) < 4.78 is 0. The lowest BCUT2D eigenvalue weighted by Gasteiger charge is -2.32. The van der Waals surface area contributed by atoms with Crippen LogP contribution in [0.5, 0.6) is 0 Å². The monoisotopic (exact) mass is 248 g/mol. The fourth-order valence-corrected chi connectivity index (χ4v) is 1.57. The molecule has 0 aliphatic heterocycles. The second-order valence-electron chi connectivity index (χ2n) is 3.50. The molecule has 0 radical (unpaired) electrons. The van der Waals surface area contributed by atoms with Crippen LogP contribution in [-0.2, 0) is 4.79 Å². The summed E-state index contributed by atoms with van der Waals surface area (Å²) in [6, 6.07) is 0. The van der Waals surface area contributed by atoms with Gasteiger partial charge in [0.2, 0.25) is 0 Å². The zero-order valence-electron chi connectivity index (χ0n) is 10.3. The van der Waals surface area contributed by atoms with Gasteiger partial charge in [-0.3, -0.25) is 25.6 Å². The van der Waals surface area contributed by atoms with Gasteiger partial charge in [0, 0.05) is 17.3 Å². The van der Waals surface area contributed by atoms with E-state index in [0.29, 0.717) is 5.57 Å². The van der Waals surface area contributed by atoms with Crippen molar-refractivity contribution in [2.45, 2.75) is 25.6 Å². The first-order valence-electron chi connectivity index (χ1n) is 5.19. The number of rotatable bonds is 7. The highest BCUT2D eigenvalue weighted by atomic mass is 35.5. The summed E-state index contributed by atoms with van der Waals surface area (Å²) in [6.45, 7) is 1.73. The Hall–Kier alpha value is -0.620. The SMILES string of the molecule is CNC(CCC=C(C)C(=O)NCl)(NC)NC. The van der Waals surface area contributed by atoms with Gasteiger partial charge in [-0.15, -0.1) is 0 Å². The average Bonchev–Trinajstić information content (AvgIpc) is 2.34. The van der Waals surface area contributed by atoms with Crippen LogP contribution in [0.15, 0.2) is 11.6 Å². The molecule has 0 fully saturated rings. The van der Waals surface area contributed by atoms with Crippen LogP contribution in [0.4, 0.5) is 0 Å². The molecule has 5 nitrogen and oxygen atoms in total. The molecule has 0 atom stereocenters. The lowest BCUT2D eigenvalue weighted by Crippen LogP contribution is -2.62. The van der Waals surface area contributed by atoms with Crippen LogP contribution < -0.4 is 20.8 Å². The lowest BCUT2D eigenvalue weighted by molar-refractivity contribution is -0.115. The van der Waals surface area contributed by atoms with Crippen molar-refractivity contribution in [3.63, 3.8) is 0 Å². The van der Waals surface area contributed by atoms with Crippen LogP contribution in [0, 0.1) is 0 Å². The third-order valence-electron chi connectivity index (χ3n) is 2.69. The molecule has 0 aromatic carbocycles. The smallest absolute Gasteiger partial charge is 0.260 e. The van der Waals surface area contributed by atoms with Crippen LogP contribution in [0.3, 0.4) is 0 Å². The molecule has 0 aliphatic carbocycles. The molecule has 0 saturated heterocycles.